The molecule has 2 atom stereocenters. The van der Waals surface area contributed by atoms with Crippen LogP contribution in [-0.2, 0) is 16.0 Å². The molecule has 2 unspecified atom stereocenters. The quantitative estimate of drug-likeness (QED) is 0.329. The third-order valence-corrected chi connectivity index (χ3v) is 4.01. The van der Waals surface area contributed by atoms with Gasteiger partial charge in [-0.1, -0.05) is 30.8 Å². The lowest BCUT2D eigenvalue weighted by Gasteiger charge is -2.24. The molecule has 0 spiro atoms. The second-order valence-electron chi connectivity index (χ2n) is 6.68. The van der Waals surface area contributed by atoms with Gasteiger partial charge in [0.2, 0.25) is 0 Å². The lowest BCUT2D eigenvalue weighted by molar-refractivity contribution is -0.275. The van der Waals surface area contributed by atoms with Crippen molar-refractivity contribution in [2.24, 2.45) is 0 Å². The minimum absolute atomic E-state index is 0.0325. The first-order chi connectivity index (χ1) is 14.7. The molecule has 174 valence electrons. The minimum Gasteiger partial charge on any atom is -0.456 e. The number of aliphatic hydroxyl groups excluding tert-OH is 1. The standard InChI is InChI=1S/C21H18F6O5/c1-12(2)19(29)30-17(11-13-3-7-15(8-4-13)31-20(22,23)24)18(28)14-5-9-16(10-6-14)32-21(25,26)27/h3-10,17-18,28H,1,11H2,2H3. The van der Waals surface area contributed by atoms with E-state index in [2.05, 4.69) is 16.1 Å². The fourth-order valence-corrected chi connectivity index (χ4v) is 2.60. The van der Waals surface area contributed by atoms with Crippen LogP contribution >= 0.6 is 0 Å². The van der Waals surface area contributed by atoms with E-state index < -0.39 is 42.4 Å². The van der Waals surface area contributed by atoms with Gasteiger partial charge in [-0.05, 0) is 42.3 Å². The van der Waals surface area contributed by atoms with Gasteiger partial charge >= 0.3 is 18.7 Å². The average Bonchev–Trinajstić information content (AvgIpc) is 2.66. The first kappa shape index (κ1) is 25.1. The van der Waals surface area contributed by atoms with Gasteiger partial charge in [0, 0.05) is 12.0 Å². The van der Waals surface area contributed by atoms with Crippen LogP contribution in [0, 0.1) is 0 Å². The molecule has 0 aliphatic rings. The normalized spacial score (nSPS) is 13.8. The van der Waals surface area contributed by atoms with Crippen molar-refractivity contribution in [3.63, 3.8) is 0 Å². The molecule has 0 heterocycles. The SMILES string of the molecule is C=C(C)C(=O)OC(Cc1ccc(OC(F)(F)F)cc1)C(O)c1ccc(OC(F)(F)F)cc1. The van der Waals surface area contributed by atoms with Crippen LogP contribution in [0.25, 0.3) is 0 Å². The van der Waals surface area contributed by atoms with Crippen molar-refractivity contribution in [3.8, 4) is 11.5 Å². The monoisotopic (exact) mass is 464 g/mol. The molecule has 11 heteroatoms. The number of aliphatic hydroxyl groups is 1. The first-order valence-corrected chi connectivity index (χ1v) is 8.98. The number of ether oxygens (including phenoxy) is 3. The largest absolute Gasteiger partial charge is 0.573 e. The van der Waals surface area contributed by atoms with E-state index in [1.54, 1.807) is 0 Å². The summed E-state index contributed by atoms with van der Waals surface area (Å²) in [5.41, 5.74) is 0.552. The number of carbonyl (C=O) groups excluding carboxylic acids is 1. The van der Waals surface area contributed by atoms with Gasteiger partial charge in [0.1, 0.15) is 23.7 Å². The summed E-state index contributed by atoms with van der Waals surface area (Å²) in [5, 5.41) is 10.7. The van der Waals surface area contributed by atoms with Gasteiger partial charge in [-0.3, -0.25) is 0 Å². The van der Waals surface area contributed by atoms with Gasteiger partial charge in [-0.25, -0.2) is 4.79 Å². The maximum atomic E-state index is 12.3. The summed E-state index contributed by atoms with van der Waals surface area (Å²) >= 11 is 0. The molecule has 0 bridgehead atoms. The fourth-order valence-electron chi connectivity index (χ4n) is 2.60. The van der Waals surface area contributed by atoms with Crippen molar-refractivity contribution in [1.82, 2.24) is 0 Å². The summed E-state index contributed by atoms with van der Waals surface area (Å²) < 4.78 is 86.6. The zero-order valence-corrected chi connectivity index (χ0v) is 16.5. The van der Waals surface area contributed by atoms with Crippen LogP contribution in [0.4, 0.5) is 26.3 Å². The number of halogens is 6. The van der Waals surface area contributed by atoms with Gasteiger partial charge in [0.15, 0.2) is 0 Å². The zero-order chi connectivity index (χ0) is 24.1. The fraction of sp³-hybridized carbons (Fsp3) is 0.286. The molecule has 0 aromatic heterocycles. The number of carbonyl (C=O) groups is 1. The molecule has 0 radical (unpaired) electrons. The van der Waals surface area contributed by atoms with Gasteiger partial charge in [-0.15, -0.1) is 26.3 Å². The van der Waals surface area contributed by atoms with Gasteiger partial charge in [-0.2, -0.15) is 0 Å². The number of benzene rings is 2. The van der Waals surface area contributed by atoms with Crippen LogP contribution in [0.3, 0.4) is 0 Å². The number of hydrogen-bond acceptors (Lipinski definition) is 5. The van der Waals surface area contributed by atoms with E-state index in [4.69, 9.17) is 4.74 Å². The van der Waals surface area contributed by atoms with Crippen LogP contribution in [-0.4, -0.2) is 29.9 Å². The molecule has 0 saturated carbocycles. The molecule has 0 amide bonds. The zero-order valence-electron chi connectivity index (χ0n) is 16.5. The Morgan fingerprint density at radius 3 is 1.75 bits per heavy atom. The first-order valence-electron chi connectivity index (χ1n) is 8.98. The van der Waals surface area contributed by atoms with Crippen molar-refractivity contribution in [1.29, 1.82) is 0 Å². The van der Waals surface area contributed by atoms with E-state index in [0.717, 1.165) is 36.4 Å². The Kier molecular flexibility index (Phi) is 7.78. The number of rotatable bonds is 8. The molecule has 2 aromatic rings. The van der Waals surface area contributed by atoms with Gasteiger partial charge in [0.05, 0.1) is 0 Å². The van der Waals surface area contributed by atoms with Gasteiger partial charge < -0.3 is 19.3 Å². The molecule has 2 rings (SSSR count). The Bertz CT molecular complexity index is 920. The lowest BCUT2D eigenvalue weighted by Crippen LogP contribution is -2.28. The van der Waals surface area contributed by atoms with Crippen molar-refractivity contribution in [3.05, 3.63) is 71.8 Å². The van der Waals surface area contributed by atoms with Crippen LogP contribution in [0.15, 0.2) is 60.7 Å². The predicted molar refractivity (Wildman–Crippen MR) is 99.6 cm³/mol. The second kappa shape index (κ2) is 9.94. The maximum Gasteiger partial charge on any atom is 0.573 e. The minimum atomic E-state index is -4.89. The Balaban J connectivity index is 2.20. The number of alkyl halides is 6. The third kappa shape index (κ3) is 8.14. The second-order valence-corrected chi connectivity index (χ2v) is 6.68. The highest BCUT2D eigenvalue weighted by Gasteiger charge is 2.32. The van der Waals surface area contributed by atoms with E-state index in [0.29, 0.717) is 5.56 Å². The third-order valence-electron chi connectivity index (χ3n) is 4.01. The summed E-state index contributed by atoms with van der Waals surface area (Å²) in [6.07, 6.45) is -12.6. The molecule has 0 saturated heterocycles. The molecule has 0 aliphatic carbocycles. The molecular formula is C21H18F6O5. The predicted octanol–water partition coefficient (Wildman–Crippen LogP) is 5.25. The van der Waals surface area contributed by atoms with Crippen LogP contribution in [0.2, 0.25) is 0 Å². The van der Waals surface area contributed by atoms with E-state index in [9.17, 15) is 36.2 Å². The highest BCUT2D eigenvalue weighted by Crippen LogP contribution is 2.29. The number of esters is 1. The van der Waals surface area contributed by atoms with E-state index >= 15 is 0 Å². The molecule has 2 aromatic carbocycles. The van der Waals surface area contributed by atoms with Crippen LogP contribution < -0.4 is 9.47 Å². The molecule has 0 fully saturated rings. The Labute approximate surface area is 178 Å². The molecule has 32 heavy (non-hydrogen) atoms. The van der Waals surface area contributed by atoms with Crippen LogP contribution in [0.1, 0.15) is 24.2 Å². The van der Waals surface area contributed by atoms with E-state index in [1.807, 2.05) is 0 Å². The molecule has 5 nitrogen and oxygen atoms in total. The number of hydrogen-bond donors (Lipinski definition) is 1. The van der Waals surface area contributed by atoms with Crippen molar-refractivity contribution >= 4 is 5.97 Å². The van der Waals surface area contributed by atoms with Crippen molar-refractivity contribution in [2.75, 3.05) is 0 Å². The summed E-state index contributed by atoms with van der Waals surface area (Å²) in [5.74, 6) is -1.80. The highest BCUT2D eigenvalue weighted by molar-refractivity contribution is 5.87. The summed E-state index contributed by atoms with van der Waals surface area (Å²) in [7, 11) is 0. The Hall–Kier alpha value is -3.21. The Morgan fingerprint density at radius 2 is 1.34 bits per heavy atom. The van der Waals surface area contributed by atoms with Crippen LogP contribution in [0.5, 0.6) is 11.5 Å². The van der Waals surface area contributed by atoms with E-state index in [1.165, 1.54) is 19.1 Å². The molecule has 1 N–H and O–H groups in total. The maximum absolute atomic E-state index is 12.3. The lowest BCUT2D eigenvalue weighted by atomic mass is 9.98. The van der Waals surface area contributed by atoms with Crippen molar-refractivity contribution in [2.45, 2.75) is 38.3 Å². The Morgan fingerprint density at radius 1 is 0.906 bits per heavy atom. The highest BCUT2D eigenvalue weighted by atomic mass is 19.4. The smallest absolute Gasteiger partial charge is 0.456 e. The molecular weight excluding hydrogens is 446 g/mol. The van der Waals surface area contributed by atoms with Crippen molar-refractivity contribution < 1.29 is 50.5 Å². The van der Waals surface area contributed by atoms with E-state index in [-0.39, 0.29) is 17.6 Å². The molecule has 0 aliphatic heterocycles. The van der Waals surface area contributed by atoms with Gasteiger partial charge in [0.25, 0.3) is 0 Å². The summed E-state index contributed by atoms with van der Waals surface area (Å²) in [6.45, 7) is 4.81. The average molecular weight is 464 g/mol. The topological polar surface area (TPSA) is 65.0 Å². The summed E-state index contributed by atoms with van der Waals surface area (Å²) in [6, 6.07) is 8.96. The summed E-state index contributed by atoms with van der Waals surface area (Å²) in [4.78, 5) is 12.0.